The molecule has 2 heterocycles. The molecule has 0 unspecified atom stereocenters. The number of nitrogens with one attached hydrogen (secondary N) is 1. The highest BCUT2D eigenvalue weighted by molar-refractivity contribution is 6.37. The Balaban J connectivity index is 1.85. The van der Waals surface area contributed by atoms with Crippen LogP contribution in [0.15, 0.2) is 55.0 Å². The Morgan fingerprint density at radius 1 is 0.939 bits per heavy atom. The summed E-state index contributed by atoms with van der Waals surface area (Å²) < 4.78 is 10.9. The molecule has 0 saturated carbocycles. The zero-order valence-electron chi connectivity index (χ0n) is 17.6. The summed E-state index contributed by atoms with van der Waals surface area (Å²) in [6, 6.07) is 12.7. The second kappa shape index (κ2) is 9.67. The van der Waals surface area contributed by atoms with Crippen molar-refractivity contribution >= 4 is 45.5 Å². The highest BCUT2D eigenvalue weighted by atomic mass is 35.5. The molecule has 0 spiro atoms. The molecule has 0 amide bonds. The summed E-state index contributed by atoms with van der Waals surface area (Å²) in [6.07, 6.45) is 4.87. The highest BCUT2D eigenvalue weighted by Crippen LogP contribution is 2.38. The van der Waals surface area contributed by atoms with Crippen LogP contribution in [0.2, 0.25) is 10.0 Å². The molecule has 4 rings (SSSR count). The molecule has 1 N–H and O–H groups in total. The number of methoxy groups -OCH3 is 2. The molecule has 0 radical (unpaired) electrons. The van der Waals surface area contributed by atoms with Gasteiger partial charge in [0.2, 0.25) is 0 Å². The van der Waals surface area contributed by atoms with Gasteiger partial charge in [-0.3, -0.25) is 9.97 Å². The van der Waals surface area contributed by atoms with Gasteiger partial charge in [0, 0.05) is 35.6 Å². The third kappa shape index (κ3) is 4.63. The molecule has 0 saturated heterocycles. The predicted octanol–water partition coefficient (Wildman–Crippen LogP) is 5.97. The Morgan fingerprint density at radius 2 is 1.76 bits per heavy atom. The molecule has 0 aliphatic carbocycles. The van der Waals surface area contributed by atoms with Crippen molar-refractivity contribution in [3.8, 4) is 29.4 Å². The number of rotatable bonds is 4. The lowest BCUT2D eigenvalue weighted by molar-refractivity contribution is 0.414. The van der Waals surface area contributed by atoms with Crippen LogP contribution < -0.4 is 14.8 Å². The van der Waals surface area contributed by atoms with Gasteiger partial charge in [-0.2, -0.15) is 5.26 Å². The lowest BCUT2D eigenvalue weighted by Crippen LogP contribution is -1.99. The molecule has 33 heavy (non-hydrogen) atoms. The lowest BCUT2D eigenvalue weighted by Gasteiger charge is -2.15. The molecule has 2 aromatic carbocycles. The van der Waals surface area contributed by atoms with Crippen molar-refractivity contribution in [2.24, 2.45) is 0 Å². The standard InChI is InChI=1S/C25H16Cl2N4O2/c1-32-23-9-18-21(8-16(23)6-5-15-4-3-7-29-13-15)30-14-17(12-28)25(18)31-22-11-24(33-2)20(27)10-19(22)26/h3-4,7-11,13-14H,1-2H3,(H,30,31). The third-order valence-corrected chi connectivity index (χ3v) is 5.42. The minimum Gasteiger partial charge on any atom is -0.495 e. The number of ether oxygens (including phenoxy) is 2. The maximum atomic E-state index is 9.69. The van der Waals surface area contributed by atoms with E-state index in [0.717, 1.165) is 5.56 Å². The van der Waals surface area contributed by atoms with E-state index in [9.17, 15) is 5.26 Å². The average Bonchev–Trinajstić information content (AvgIpc) is 2.84. The van der Waals surface area contributed by atoms with Gasteiger partial charge in [0.1, 0.15) is 17.6 Å². The highest BCUT2D eigenvalue weighted by Gasteiger charge is 2.15. The molecule has 0 bridgehead atoms. The van der Waals surface area contributed by atoms with Gasteiger partial charge in [-0.25, -0.2) is 0 Å². The van der Waals surface area contributed by atoms with E-state index in [4.69, 9.17) is 32.7 Å². The lowest BCUT2D eigenvalue weighted by atomic mass is 10.1. The molecule has 0 aliphatic heterocycles. The Morgan fingerprint density at radius 3 is 2.45 bits per heavy atom. The van der Waals surface area contributed by atoms with Crippen LogP contribution in [-0.2, 0) is 0 Å². The first-order chi connectivity index (χ1) is 16.0. The summed E-state index contributed by atoms with van der Waals surface area (Å²) in [5.41, 5.74) is 3.46. The second-order valence-electron chi connectivity index (χ2n) is 6.81. The zero-order chi connectivity index (χ0) is 23.4. The second-order valence-corrected chi connectivity index (χ2v) is 7.63. The van der Waals surface area contributed by atoms with Gasteiger partial charge in [-0.05, 0) is 30.3 Å². The van der Waals surface area contributed by atoms with Crippen molar-refractivity contribution < 1.29 is 9.47 Å². The summed E-state index contributed by atoms with van der Waals surface area (Å²) in [5.74, 6) is 7.17. The molecule has 0 fully saturated rings. The average molecular weight is 475 g/mol. The fraction of sp³-hybridized carbons (Fsp3) is 0.0800. The molecular formula is C25H16Cl2N4O2. The Kier molecular flexibility index (Phi) is 6.51. The number of aromatic nitrogens is 2. The number of pyridine rings is 2. The van der Waals surface area contributed by atoms with Crippen LogP contribution in [0.5, 0.6) is 11.5 Å². The molecule has 0 atom stereocenters. The van der Waals surface area contributed by atoms with Crippen LogP contribution in [0.4, 0.5) is 11.4 Å². The number of nitrogens with zero attached hydrogens (tertiary/aromatic N) is 3. The number of hydrogen-bond acceptors (Lipinski definition) is 6. The van der Waals surface area contributed by atoms with Crippen molar-refractivity contribution in [1.82, 2.24) is 9.97 Å². The van der Waals surface area contributed by atoms with E-state index in [1.54, 1.807) is 37.7 Å². The number of benzene rings is 2. The van der Waals surface area contributed by atoms with E-state index in [1.165, 1.54) is 13.3 Å². The quantitative estimate of drug-likeness (QED) is 0.367. The summed E-state index contributed by atoms with van der Waals surface area (Å²) in [5, 5.41) is 14.4. The third-order valence-electron chi connectivity index (χ3n) is 4.81. The predicted molar refractivity (Wildman–Crippen MR) is 130 cm³/mol. The Labute approximate surface area is 200 Å². The zero-order valence-corrected chi connectivity index (χ0v) is 19.1. The van der Waals surface area contributed by atoms with Crippen molar-refractivity contribution in [2.75, 3.05) is 19.5 Å². The van der Waals surface area contributed by atoms with Crippen molar-refractivity contribution in [2.45, 2.75) is 0 Å². The number of hydrogen-bond donors (Lipinski definition) is 1. The molecule has 6 nitrogen and oxygen atoms in total. The van der Waals surface area contributed by atoms with Crippen LogP contribution in [-0.4, -0.2) is 24.2 Å². The van der Waals surface area contributed by atoms with E-state index in [-0.39, 0.29) is 0 Å². The fourth-order valence-electron chi connectivity index (χ4n) is 3.20. The molecule has 4 aromatic rings. The molecule has 8 heteroatoms. The Bertz CT molecular complexity index is 1460. The summed E-state index contributed by atoms with van der Waals surface area (Å²) >= 11 is 12.5. The van der Waals surface area contributed by atoms with Gasteiger partial charge in [-0.1, -0.05) is 35.0 Å². The van der Waals surface area contributed by atoms with Gasteiger partial charge >= 0.3 is 0 Å². The summed E-state index contributed by atoms with van der Waals surface area (Å²) in [4.78, 5) is 8.51. The van der Waals surface area contributed by atoms with Gasteiger partial charge < -0.3 is 14.8 Å². The Hall–Kier alpha value is -3.97. The molecule has 0 aliphatic rings. The van der Waals surface area contributed by atoms with Gasteiger partial charge in [-0.15, -0.1) is 0 Å². The first-order valence-electron chi connectivity index (χ1n) is 9.67. The van der Waals surface area contributed by atoms with Crippen LogP contribution in [0, 0.1) is 23.2 Å². The van der Waals surface area contributed by atoms with Gasteiger partial charge in [0.15, 0.2) is 0 Å². The topological polar surface area (TPSA) is 80.1 Å². The molecule has 2 aromatic heterocycles. The number of fused-ring (bicyclic) bond motifs is 1. The van der Waals surface area contributed by atoms with E-state index in [0.29, 0.717) is 54.9 Å². The van der Waals surface area contributed by atoms with Crippen LogP contribution >= 0.6 is 23.2 Å². The number of anilines is 2. The van der Waals surface area contributed by atoms with Crippen molar-refractivity contribution in [1.29, 1.82) is 5.26 Å². The SMILES string of the molecule is COc1cc(Nc2c(C#N)cnc3cc(C#Cc4cccnc4)c(OC)cc23)c(Cl)cc1Cl. The van der Waals surface area contributed by atoms with Crippen LogP contribution in [0.3, 0.4) is 0 Å². The maximum Gasteiger partial charge on any atom is 0.139 e. The minimum atomic E-state index is 0.337. The van der Waals surface area contributed by atoms with Crippen molar-refractivity contribution in [3.05, 3.63) is 81.7 Å². The smallest absolute Gasteiger partial charge is 0.139 e. The van der Waals surface area contributed by atoms with E-state index < -0.39 is 0 Å². The van der Waals surface area contributed by atoms with E-state index in [2.05, 4.69) is 33.2 Å². The van der Waals surface area contributed by atoms with E-state index >= 15 is 0 Å². The van der Waals surface area contributed by atoms with Gasteiger partial charge in [0.25, 0.3) is 0 Å². The number of halogens is 2. The fourth-order valence-corrected chi connectivity index (χ4v) is 3.70. The normalized spacial score (nSPS) is 10.2. The largest absolute Gasteiger partial charge is 0.495 e. The van der Waals surface area contributed by atoms with Crippen molar-refractivity contribution in [3.63, 3.8) is 0 Å². The van der Waals surface area contributed by atoms with E-state index in [1.807, 2.05) is 18.2 Å². The number of nitriles is 1. The minimum absolute atomic E-state index is 0.337. The van der Waals surface area contributed by atoms with Crippen LogP contribution in [0.25, 0.3) is 10.9 Å². The first-order valence-corrected chi connectivity index (χ1v) is 10.4. The van der Waals surface area contributed by atoms with Gasteiger partial charge in [0.05, 0.1) is 52.3 Å². The molecule has 162 valence electrons. The van der Waals surface area contributed by atoms with Crippen LogP contribution in [0.1, 0.15) is 16.7 Å². The monoisotopic (exact) mass is 474 g/mol. The summed E-state index contributed by atoms with van der Waals surface area (Å²) in [7, 11) is 3.08. The summed E-state index contributed by atoms with van der Waals surface area (Å²) in [6.45, 7) is 0. The first kappa shape index (κ1) is 22.2. The maximum absolute atomic E-state index is 9.69. The molecular weight excluding hydrogens is 459 g/mol.